The van der Waals surface area contributed by atoms with E-state index in [4.69, 9.17) is 15.2 Å². The van der Waals surface area contributed by atoms with Gasteiger partial charge in [-0.05, 0) is 26.3 Å². The van der Waals surface area contributed by atoms with Crippen molar-refractivity contribution in [2.24, 2.45) is 5.73 Å². The largest absolute Gasteiger partial charge is 0.379 e. The molecule has 11 heavy (non-hydrogen) atoms. The number of hydrogen-bond acceptors (Lipinski definition) is 3. The lowest BCUT2D eigenvalue weighted by Gasteiger charge is -2.02. The summed E-state index contributed by atoms with van der Waals surface area (Å²) >= 11 is 0. The van der Waals surface area contributed by atoms with Crippen molar-refractivity contribution < 1.29 is 9.47 Å². The van der Waals surface area contributed by atoms with Crippen LogP contribution in [0.15, 0.2) is 0 Å². The summed E-state index contributed by atoms with van der Waals surface area (Å²) in [5.41, 5.74) is 5.31. The van der Waals surface area contributed by atoms with E-state index >= 15 is 0 Å². The Kier molecular flexibility index (Phi) is 9.77. The van der Waals surface area contributed by atoms with Crippen LogP contribution < -0.4 is 5.73 Å². The van der Waals surface area contributed by atoms with Crippen LogP contribution in [0.25, 0.3) is 0 Å². The molecular formula is C8H19NO2. The average molecular weight is 161 g/mol. The first-order valence-corrected chi connectivity index (χ1v) is 4.27. The van der Waals surface area contributed by atoms with Crippen LogP contribution in [-0.2, 0) is 9.47 Å². The van der Waals surface area contributed by atoms with Gasteiger partial charge in [-0.3, -0.25) is 0 Å². The number of unbranched alkanes of at least 4 members (excludes halogenated alkanes) is 1. The second-order valence-electron chi connectivity index (χ2n) is 2.31. The maximum absolute atomic E-state index is 5.31. The molecule has 0 aliphatic heterocycles. The quantitative estimate of drug-likeness (QED) is 0.535. The third-order valence-electron chi connectivity index (χ3n) is 1.32. The van der Waals surface area contributed by atoms with Crippen LogP contribution in [0.3, 0.4) is 0 Å². The van der Waals surface area contributed by atoms with Crippen LogP contribution in [0.2, 0.25) is 0 Å². The summed E-state index contributed by atoms with van der Waals surface area (Å²) in [4.78, 5) is 0. The summed E-state index contributed by atoms with van der Waals surface area (Å²) in [5, 5.41) is 0. The van der Waals surface area contributed by atoms with Gasteiger partial charge >= 0.3 is 0 Å². The van der Waals surface area contributed by atoms with E-state index in [-0.39, 0.29) is 0 Å². The Labute approximate surface area is 68.9 Å². The van der Waals surface area contributed by atoms with Gasteiger partial charge in [0, 0.05) is 13.2 Å². The fourth-order valence-corrected chi connectivity index (χ4v) is 0.713. The first kappa shape index (κ1) is 10.9. The van der Waals surface area contributed by atoms with E-state index in [0.29, 0.717) is 13.2 Å². The van der Waals surface area contributed by atoms with Gasteiger partial charge in [-0.2, -0.15) is 0 Å². The monoisotopic (exact) mass is 161 g/mol. The second kappa shape index (κ2) is 9.88. The Hall–Kier alpha value is -0.120. The van der Waals surface area contributed by atoms with Gasteiger partial charge in [0.1, 0.15) is 0 Å². The molecule has 0 rings (SSSR count). The fraction of sp³-hybridized carbons (Fsp3) is 1.00. The Morgan fingerprint density at radius 3 is 2.36 bits per heavy atom. The molecule has 0 aliphatic carbocycles. The predicted octanol–water partition coefficient (Wildman–Crippen LogP) is 0.778. The molecule has 3 heteroatoms. The molecule has 0 saturated carbocycles. The molecule has 68 valence electrons. The van der Waals surface area contributed by atoms with Gasteiger partial charge in [0.15, 0.2) is 0 Å². The predicted molar refractivity (Wildman–Crippen MR) is 45.6 cm³/mol. The number of nitrogens with two attached hydrogens (primary N) is 1. The first-order chi connectivity index (χ1) is 5.41. The van der Waals surface area contributed by atoms with Crippen molar-refractivity contribution >= 4 is 0 Å². The van der Waals surface area contributed by atoms with Crippen LogP contribution in [0.4, 0.5) is 0 Å². The molecule has 0 aliphatic rings. The lowest BCUT2D eigenvalue weighted by atomic mass is 10.3. The highest BCUT2D eigenvalue weighted by atomic mass is 16.5. The molecule has 3 nitrogen and oxygen atoms in total. The molecule has 0 aromatic carbocycles. The number of hydrogen-bond donors (Lipinski definition) is 1. The molecular weight excluding hydrogens is 142 g/mol. The summed E-state index contributed by atoms with van der Waals surface area (Å²) in [7, 11) is 0. The minimum absolute atomic E-state index is 0.707. The average Bonchev–Trinajstić information content (AvgIpc) is 2.03. The highest BCUT2D eigenvalue weighted by Gasteiger charge is 1.87. The van der Waals surface area contributed by atoms with Crippen LogP contribution >= 0.6 is 0 Å². The lowest BCUT2D eigenvalue weighted by Crippen LogP contribution is -2.06. The molecule has 0 radical (unpaired) electrons. The van der Waals surface area contributed by atoms with E-state index < -0.39 is 0 Å². The van der Waals surface area contributed by atoms with Crippen molar-refractivity contribution in [1.82, 2.24) is 0 Å². The topological polar surface area (TPSA) is 44.5 Å². The van der Waals surface area contributed by atoms with Crippen molar-refractivity contribution in [2.75, 3.05) is 33.0 Å². The normalized spacial score (nSPS) is 10.4. The summed E-state index contributed by atoms with van der Waals surface area (Å²) in [6, 6.07) is 0. The van der Waals surface area contributed by atoms with Crippen molar-refractivity contribution in [1.29, 1.82) is 0 Å². The van der Waals surface area contributed by atoms with Crippen LogP contribution in [-0.4, -0.2) is 33.0 Å². The van der Waals surface area contributed by atoms with Gasteiger partial charge in [-0.1, -0.05) is 0 Å². The SMILES string of the molecule is CCOCCOCCCCN. The molecule has 0 saturated heterocycles. The van der Waals surface area contributed by atoms with E-state index in [9.17, 15) is 0 Å². The Morgan fingerprint density at radius 2 is 1.73 bits per heavy atom. The number of ether oxygens (including phenoxy) is 2. The van der Waals surface area contributed by atoms with E-state index in [0.717, 1.165) is 32.6 Å². The van der Waals surface area contributed by atoms with Gasteiger partial charge in [0.2, 0.25) is 0 Å². The fourth-order valence-electron chi connectivity index (χ4n) is 0.713. The Bertz CT molecular complexity index is 61.1. The molecule has 0 heterocycles. The molecule has 2 N–H and O–H groups in total. The molecule has 0 aromatic heterocycles. The summed E-state index contributed by atoms with van der Waals surface area (Å²) in [6.45, 7) is 5.73. The van der Waals surface area contributed by atoms with E-state index in [2.05, 4.69) is 0 Å². The van der Waals surface area contributed by atoms with Crippen molar-refractivity contribution in [2.45, 2.75) is 19.8 Å². The van der Waals surface area contributed by atoms with Crippen LogP contribution in [0.5, 0.6) is 0 Å². The minimum atomic E-state index is 0.707. The zero-order valence-electron chi connectivity index (χ0n) is 7.34. The van der Waals surface area contributed by atoms with E-state index in [1.807, 2.05) is 6.92 Å². The number of rotatable bonds is 8. The molecule has 0 aromatic rings. The minimum Gasteiger partial charge on any atom is -0.379 e. The Balaban J connectivity index is 2.69. The smallest absolute Gasteiger partial charge is 0.0700 e. The molecule has 0 spiro atoms. The maximum Gasteiger partial charge on any atom is 0.0700 e. The molecule has 0 unspecified atom stereocenters. The van der Waals surface area contributed by atoms with Gasteiger partial charge in [0.05, 0.1) is 13.2 Å². The molecule has 0 atom stereocenters. The van der Waals surface area contributed by atoms with E-state index in [1.54, 1.807) is 0 Å². The zero-order valence-corrected chi connectivity index (χ0v) is 7.34. The third kappa shape index (κ3) is 9.88. The zero-order chi connectivity index (χ0) is 8.36. The van der Waals surface area contributed by atoms with Gasteiger partial charge in [-0.15, -0.1) is 0 Å². The molecule has 0 fully saturated rings. The Morgan fingerprint density at radius 1 is 1.00 bits per heavy atom. The highest BCUT2D eigenvalue weighted by molar-refractivity contribution is 4.38. The van der Waals surface area contributed by atoms with Crippen LogP contribution in [0.1, 0.15) is 19.8 Å². The first-order valence-electron chi connectivity index (χ1n) is 4.27. The lowest BCUT2D eigenvalue weighted by molar-refractivity contribution is 0.0516. The van der Waals surface area contributed by atoms with Gasteiger partial charge in [0.25, 0.3) is 0 Å². The maximum atomic E-state index is 5.31. The van der Waals surface area contributed by atoms with Crippen molar-refractivity contribution in [3.63, 3.8) is 0 Å². The second-order valence-corrected chi connectivity index (χ2v) is 2.31. The summed E-state index contributed by atoms with van der Waals surface area (Å²) in [6.07, 6.45) is 2.11. The standard InChI is InChI=1S/C8H19NO2/c1-2-10-7-8-11-6-4-3-5-9/h2-9H2,1H3. The van der Waals surface area contributed by atoms with Gasteiger partial charge < -0.3 is 15.2 Å². The third-order valence-corrected chi connectivity index (χ3v) is 1.32. The summed E-state index contributed by atoms with van der Waals surface area (Å²) < 4.78 is 10.3. The van der Waals surface area contributed by atoms with Crippen molar-refractivity contribution in [3.8, 4) is 0 Å². The van der Waals surface area contributed by atoms with Gasteiger partial charge in [-0.25, -0.2) is 0 Å². The van der Waals surface area contributed by atoms with E-state index in [1.165, 1.54) is 0 Å². The highest BCUT2D eigenvalue weighted by Crippen LogP contribution is 1.87. The van der Waals surface area contributed by atoms with Crippen molar-refractivity contribution in [3.05, 3.63) is 0 Å². The summed E-state index contributed by atoms with van der Waals surface area (Å²) in [5.74, 6) is 0. The molecule has 0 bridgehead atoms. The van der Waals surface area contributed by atoms with Crippen LogP contribution in [0, 0.1) is 0 Å². The molecule has 0 amide bonds.